The lowest BCUT2D eigenvalue weighted by molar-refractivity contribution is 0.0858. The monoisotopic (exact) mass is 276 g/mol. The van der Waals surface area contributed by atoms with Gasteiger partial charge in [-0.3, -0.25) is 9.36 Å². The van der Waals surface area contributed by atoms with Gasteiger partial charge in [0, 0.05) is 25.8 Å². The number of amides is 1. The first-order valence-corrected chi connectivity index (χ1v) is 6.64. The van der Waals surface area contributed by atoms with E-state index in [0.717, 1.165) is 19.4 Å². The van der Waals surface area contributed by atoms with Crippen LogP contribution in [0.5, 0.6) is 0 Å². The topological polar surface area (TPSA) is 73.5 Å². The van der Waals surface area contributed by atoms with E-state index in [4.69, 9.17) is 9.15 Å². The van der Waals surface area contributed by atoms with Crippen molar-refractivity contribution in [1.82, 2.24) is 9.88 Å². The molecule has 0 radical (unpaired) electrons. The Labute approximate surface area is 115 Å². The highest BCUT2D eigenvalue weighted by atomic mass is 16.5. The maximum Gasteiger partial charge on any atom is 0.419 e. The molecule has 2 heterocycles. The van der Waals surface area contributed by atoms with Crippen LogP contribution in [0, 0.1) is 0 Å². The molecule has 2 aromatic rings. The Morgan fingerprint density at radius 2 is 2.35 bits per heavy atom. The molecule has 1 aliphatic rings. The molecule has 6 heteroatoms. The van der Waals surface area contributed by atoms with Gasteiger partial charge in [0.25, 0.3) is 5.91 Å². The Bertz CT molecular complexity index is 695. The molecule has 20 heavy (non-hydrogen) atoms. The second-order valence-electron chi connectivity index (χ2n) is 4.95. The second-order valence-corrected chi connectivity index (χ2v) is 4.95. The summed E-state index contributed by atoms with van der Waals surface area (Å²) in [6, 6.07) is 4.94. The van der Waals surface area contributed by atoms with Gasteiger partial charge in [0.2, 0.25) is 0 Å². The van der Waals surface area contributed by atoms with Crippen molar-refractivity contribution >= 4 is 17.0 Å². The van der Waals surface area contributed by atoms with Crippen LogP contribution in [0.4, 0.5) is 0 Å². The lowest BCUT2D eigenvalue weighted by Crippen LogP contribution is -2.31. The SMILES string of the molecule is Cn1c(=O)oc2ccc(C(=O)NCC3CCCO3)cc21. The van der Waals surface area contributed by atoms with E-state index in [1.54, 1.807) is 25.2 Å². The van der Waals surface area contributed by atoms with Crippen LogP contribution in [0.25, 0.3) is 11.1 Å². The Hall–Kier alpha value is -2.08. The van der Waals surface area contributed by atoms with Gasteiger partial charge >= 0.3 is 5.76 Å². The van der Waals surface area contributed by atoms with Crippen LogP contribution >= 0.6 is 0 Å². The number of oxazole rings is 1. The second kappa shape index (κ2) is 5.13. The maximum atomic E-state index is 12.1. The van der Waals surface area contributed by atoms with Crippen molar-refractivity contribution in [1.29, 1.82) is 0 Å². The predicted molar refractivity (Wildman–Crippen MR) is 72.8 cm³/mol. The van der Waals surface area contributed by atoms with Crippen molar-refractivity contribution < 1.29 is 13.9 Å². The van der Waals surface area contributed by atoms with E-state index in [-0.39, 0.29) is 12.0 Å². The molecule has 1 unspecified atom stereocenters. The number of carbonyl (C=O) groups excluding carboxylic acids is 1. The van der Waals surface area contributed by atoms with E-state index in [1.165, 1.54) is 4.57 Å². The lowest BCUT2D eigenvalue weighted by Gasteiger charge is -2.10. The zero-order valence-corrected chi connectivity index (χ0v) is 11.2. The third-order valence-corrected chi connectivity index (χ3v) is 3.57. The molecular weight excluding hydrogens is 260 g/mol. The summed E-state index contributed by atoms with van der Waals surface area (Å²) in [4.78, 5) is 23.5. The number of benzene rings is 1. The summed E-state index contributed by atoms with van der Waals surface area (Å²) in [5, 5.41) is 2.85. The van der Waals surface area contributed by atoms with Crippen LogP contribution in [0.2, 0.25) is 0 Å². The first kappa shape index (κ1) is 12.9. The van der Waals surface area contributed by atoms with Gasteiger partial charge in [0.15, 0.2) is 5.58 Å². The Morgan fingerprint density at radius 3 is 3.10 bits per heavy atom. The van der Waals surface area contributed by atoms with Crippen LogP contribution in [0.1, 0.15) is 23.2 Å². The fourth-order valence-electron chi connectivity index (χ4n) is 2.38. The molecule has 1 amide bonds. The fraction of sp³-hybridized carbons (Fsp3) is 0.429. The molecule has 0 aliphatic carbocycles. The summed E-state index contributed by atoms with van der Waals surface area (Å²) in [6.45, 7) is 1.28. The third kappa shape index (κ3) is 2.34. The molecule has 1 aliphatic heterocycles. The van der Waals surface area contributed by atoms with Crippen molar-refractivity contribution in [3.05, 3.63) is 34.3 Å². The molecule has 1 saturated heterocycles. The molecule has 1 atom stereocenters. The van der Waals surface area contributed by atoms with E-state index in [1.807, 2.05) is 0 Å². The molecule has 3 rings (SSSR count). The smallest absolute Gasteiger partial charge is 0.408 e. The summed E-state index contributed by atoms with van der Waals surface area (Å²) in [5.74, 6) is -0.604. The third-order valence-electron chi connectivity index (χ3n) is 3.57. The van der Waals surface area contributed by atoms with E-state index < -0.39 is 5.76 Å². The number of carbonyl (C=O) groups is 1. The molecular formula is C14H16N2O4. The van der Waals surface area contributed by atoms with Gasteiger partial charge in [-0.2, -0.15) is 0 Å². The average molecular weight is 276 g/mol. The minimum atomic E-state index is -0.433. The number of ether oxygens (including phenoxy) is 1. The fourth-order valence-corrected chi connectivity index (χ4v) is 2.38. The molecule has 1 aromatic heterocycles. The Morgan fingerprint density at radius 1 is 1.50 bits per heavy atom. The van der Waals surface area contributed by atoms with Crippen molar-refractivity contribution in [3.8, 4) is 0 Å². The Kier molecular flexibility index (Phi) is 3.31. The van der Waals surface area contributed by atoms with Crippen molar-refractivity contribution in [2.75, 3.05) is 13.2 Å². The lowest BCUT2D eigenvalue weighted by atomic mass is 10.2. The maximum absolute atomic E-state index is 12.1. The van der Waals surface area contributed by atoms with Crippen LogP contribution in [0.3, 0.4) is 0 Å². The van der Waals surface area contributed by atoms with Crippen molar-refractivity contribution in [2.45, 2.75) is 18.9 Å². The van der Waals surface area contributed by atoms with Gasteiger partial charge in [-0.15, -0.1) is 0 Å². The van der Waals surface area contributed by atoms with E-state index in [0.29, 0.717) is 23.2 Å². The van der Waals surface area contributed by atoms with Crippen LogP contribution < -0.4 is 11.1 Å². The number of rotatable bonds is 3. The van der Waals surface area contributed by atoms with Gasteiger partial charge in [-0.05, 0) is 31.0 Å². The summed E-state index contributed by atoms with van der Waals surface area (Å²) < 4.78 is 11.9. The number of nitrogens with one attached hydrogen (secondary N) is 1. The number of fused-ring (bicyclic) bond motifs is 1. The van der Waals surface area contributed by atoms with E-state index in [9.17, 15) is 9.59 Å². The minimum absolute atomic E-state index is 0.112. The highest BCUT2D eigenvalue weighted by Crippen LogP contribution is 2.15. The largest absolute Gasteiger partial charge is 0.419 e. The van der Waals surface area contributed by atoms with Crippen LogP contribution in [-0.2, 0) is 11.8 Å². The van der Waals surface area contributed by atoms with Gasteiger partial charge in [0.1, 0.15) is 0 Å². The standard InChI is InChI=1S/C14H16N2O4/c1-16-11-7-9(4-5-12(11)20-14(16)18)13(17)15-8-10-3-2-6-19-10/h4-5,7,10H,2-3,6,8H2,1H3,(H,15,17). The van der Waals surface area contributed by atoms with Crippen molar-refractivity contribution in [2.24, 2.45) is 7.05 Å². The highest BCUT2D eigenvalue weighted by molar-refractivity contribution is 5.97. The zero-order valence-electron chi connectivity index (χ0n) is 11.2. The summed E-state index contributed by atoms with van der Waals surface area (Å²) in [5.41, 5.74) is 1.60. The molecule has 0 bridgehead atoms. The number of hydrogen-bond acceptors (Lipinski definition) is 4. The summed E-state index contributed by atoms with van der Waals surface area (Å²) in [7, 11) is 1.61. The number of aryl methyl sites for hydroxylation is 1. The van der Waals surface area contributed by atoms with E-state index >= 15 is 0 Å². The van der Waals surface area contributed by atoms with Gasteiger partial charge < -0.3 is 14.5 Å². The van der Waals surface area contributed by atoms with Crippen LogP contribution in [-0.4, -0.2) is 29.7 Å². The highest BCUT2D eigenvalue weighted by Gasteiger charge is 2.17. The molecule has 106 valence electrons. The first-order valence-electron chi connectivity index (χ1n) is 6.64. The number of aromatic nitrogens is 1. The summed E-state index contributed by atoms with van der Waals surface area (Å²) >= 11 is 0. The molecule has 1 aromatic carbocycles. The first-order chi connectivity index (χ1) is 9.65. The molecule has 0 spiro atoms. The Balaban J connectivity index is 1.77. The average Bonchev–Trinajstić information content (AvgIpc) is 3.06. The molecule has 6 nitrogen and oxygen atoms in total. The zero-order chi connectivity index (χ0) is 14.1. The number of nitrogens with zero attached hydrogens (tertiary/aromatic N) is 1. The number of hydrogen-bond donors (Lipinski definition) is 1. The normalized spacial score (nSPS) is 18.6. The molecule has 1 fully saturated rings. The predicted octanol–water partition coefficient (Wildman–Crippen LogP) is 1.04. The van der Waals surface area contributed by atoms with Gasteiger partial charge in [-0.25, -0.2) is 4.79 Å². The van der Waals surface area contributed by atoms with Crippen molar-refractivity contribution in [3.63, 3.8) is 0 Å². The quantitative estimate of drug-likeness (QED) is 0.909. The summed E-state index contributed by atoms with van der Waals surface area (Å²) in [6.07, 6.45) is 2.14. The van der Waals surface area contributed by atoms with Gasteiger partial charge in [0.05, 0.1) is 11.6 Å². The molecule has 1 N–H and O–H groups in total. The van der Waals surface area contributed by atoms with Crippen LogP contribution in [0.15, 0.2) is 27.4 Å². The molecule has 0 saturated carbocycles. The van der Waals surface area contributed by atoms with E-state index in [2.05, 4.69) is 5.32 Å². The van der Waals surface area contributed by atoms with Gasteiger partial charge in [-0.1, -0.05) is 0 Å². The minimum Gasteiger partial charge on any atom is -0.408 e.